The average Bonchev–Trinajstić information content (AvgIpc) is 2.38. The molecule has 6 nitrogen and oxygen atoms in total. The summed E-state index contributed by atoms with van der Waals surface area (Å²) in [5.41, 5.74) is 0. The topological polar surface area (TPSA) is 107 Å². The van der Waals surface area contributed by atoms with Gasteiger partial charge in [0.25, 0.3) is 0 Å². The summed E-state index contributed by atoms with van der Waals surface area (Å²) in [7, 11) is 0. The van der Waals surface area contributed by atoms with Gasteiger partial charge in [-0.3, -0.25) is 0 Å². The Morgan fingerprint density at radius 1 is 1.37 bits per heavy atom. The van der Waals surface area contributed by atoms with Gasteiger partial charge in [-0.05, 0) is 11.8 Å². The van der Waals surface area contributed by atoms with Crippen molar-refractivity contribution in [1.29, 1.82) is 0 Å². The molecule has 1 aliphatic heterocycles. The van der Waals surface area contributed by atoms with Gasteiger partial charge >= 0.3 is 11.8 Å². The molecule has 5 unspecified atom stereocenters. The van der Waals surface area contributed by atoms with Crippen molar-refractivity contribution in [2.75, 3.05) is 6.61 Å². The molecule has 112 valence electrons. The minimum atomic E-state index is -3.58. The predicted octanol–water partition coefficient (Wildman–Crippen LogP) is -0.540. The van der Waals surface area contributed by atoms with Crippen molar-refractivity contribution < 1.29 is 38.7 Å². The van der Waals surface area contributed by atoms with Crippen LogP contribution in [0.3, 0.4) is 0 Å². The average molecular weight is 284 g/mol. The second-order valence-corrected chi connectivity index (χ2v) is 4.89. The Bertz CT molecular complexity index is 337. The summed E-state index contributed by atoms with van der Waals surface area (Å²) >= 11 is 0. The Kier molecular flexibility index (Phi) is 4.83. The maximum atomic E-state index is 14.0. The molecule has 1 saturated heterocycles. The van der Waals surface area contributed by atoms with Crippen molar-refractivity contribution in [2.45, 2.75) is 44.2 Å². The molecule has 19 heavy (non-hydrogen) atoms. The first kappa shape index (κ1) is 16.2. The zero-order valence-corrected chi connectivity index (χ0v) is 10.5. The van der Waals surface area contributed by atoms with Gasteiger partial charge in [0.1, 0.15) is 12.2 Å². The molecule has 8 heteroatoms. The molecule has 1 heterocycles. The molecule has 0 aromatic heterocycles. The maximum absolute atomic E-state index is 14.0. The maximum Gasteiger partial charge on any atom is 0.372 e. The second kappa shape index (κ2) is 5.66. The number of carbonyl (C=O) groups is 1. The Labute approximate surface area is 108 Å². The summed E-state index contributed by atoms with van der Waals surface area (Å²) in [6.45, 7) is 1.92. The van der Waals surface area contributed by atoms with Crippen LogP contribution in [-0.2, 0) is 9.53 Å². The molecule has 0 saturated carbocycles. The Morgan fingerprint density at radius 2 is 1.89 bits per heavy atom. The van der Waals surface area contributed by atoms with E-state index in [1.165, 1.54) is 13.8 Å². The first-order chi connectivity index (χ1) is 8.66. The van der Waals surface area contributed by atoms with Gasteiger partial charge in [0, 0.05) is 0 Å². The van der Waals surface area contributed by atoms with Gasteiger partial charge in [0.15, 0.2) is 6.17 Å². The third kappa shape index (κ3) is 2.71. The van der Waals surface area contributed by atoms with Crippen LogP contribution >= 0.6 is 0 Å². The van der Waals surface area contributed by atoms with E-state index in [0.29, 0.717) is 0 Å². The van der Waals surface area contributed by atoms with Gasteiger partial charge in [0.2, 0.25) is 0 Å². The lowest BCUT2D eigenvalue weighted by Gasteiger charge is -2.45. The fourth-order valence-electron chi connectivity index (χ4n) is 2.15. The van der Waals surface area contributed by atoms with Gasteiger partial charge in [0.05, 0.1) is 12.7 Å². The van der Waals surface area contributed by atoms with Gasteiger partial charge in [-0.15, -0.1) is 0 Å². The highest BCUT2D eigenvalue weighted by Crippen LogP contribution is 2.41. The van der Waals surface area contributed by atoms with Crippen LogP contribution in [0.25, 0.3) is 0 Å². The van der Waals surface area contributed by atoms with E-state index in [0.717, 1.165) is 0 Å². The van der Waals surface area contributed by atoms with Crippen LogP contribution in [0.1, 0.15) is 13.8 Å². The summed E-state index contributed by atoms with van der Waals surface area (Å²) < 4.78 is 32.4. The fraction of sp³-hybridized carbons (Fsp3) is 0.909. The summed E-state index contributed by atoms with van der Waals surface area (Å²) in [4.78, 5) is 10.8. The number of halogens is 2. The molecule has 1 rings (SSSR count). The number of hydrogen-bond acceptors (Lipinski definition) is 5. The molecule has 1 aliphatic rings. The van der Waals surface area contributed by atoms with Crippen LogP contribution in [0.2, 0.25) is 0 Å². The van der Waals surface area contributed by atoms with E-state index in [2.05, 4.69) is 4.74 Å². The number of aliphatic carboxylic acids is 1. The lowest BCUT2D eigenvalue weighted by Crippen LogP contribution is -2.62. The van der Waals surface area contributed by atoms with Crippen LogP contribution in [0.15, 0.2) is 0 Å². The zero-order valence-electron chi connectivity index (χ0n) is 10.5. The number of carboxylic acid groups (broad SMARTS) is 1. The van der Waals surface area contributed by atoms with Crippen LogP contribution in [-0.4, -0.2) is 63.3 Å². The van der Waals surface area contributed by atoms with E-state index in [-0.39, 0.29) is 0 Å². The summed E-state index contributed by atoms with van der Waals surface area (Å²) in [5.74, 6) is -7.49. The van der Waals surface area contributed by atoms with Gasteiger partial charge in [-0.2, -0.15) is 4.39 Å². The molecule has 0 bridgehead atoms. The molecular weight excluding hydrogens is 266 g/mol. The molecule has 0 radical (unpaired) electrons. The normalized spacial score (nSPS) is 42.7. The third-order valence-electron chi connectivity index (χ3n) is 3.68. The van der Waals surface area contributed by atoms with Gasteiger partial charge in [-0.1, -0.05) is 13.8 Å². The van der Waals surface area contributed by atoms with Crippen LogP contribution in [0.4, 0.5) is 8.78 Å². The minimum Gasteiger partial charge on any atom is -0.477 e. The first-order valence-corrected chi connectivity index (χ1v) is 5.88. The molecule has 0 aliphatic carbocycles. The molecule has 0 amide bonds. The van der Waals surface area contributed by atoms with Crippen LogP contribution in [0.5, 0.6) is 0 Å². The van der Waals surface area contributed by atoms with E-state index in [9.17, 15) is 23.8 Å². The number of alkyl halides is 2. The number of aliphatic hydroxyl groups is 3. The van der Waals surface area contributed by atoms with E-state index < -0.39 is 54.8 Å². The van der Waals surface area contributed by atoms with Crippen LogP contribution < -0.4 is 0 Å². The molecule has 0 aromatic rings. The van der Waals surface area contributed by atoms with Crippen molar-refractivity contribution in [3.05, 3.63) is 0 Å². The van der Waals surface area contributed by atoms with E-state index >= 15 is 0 Å². The Balaban J connectivity index is 3.04. The predicted molar refractivity (Wildman–Crippen MR) is 58.7 cm³/mol. The standard InChI is InChI=1S/C11H18F2O6/c1-4-5(2)9(12)11(13,10(17)18)19-8(4)7(16)6(15)3-14/h4-9,14-16H,3H2,1-2H3,(H,17,18)/t4?,5?,6-,7-,8?,9?,11?/m1/s1. The van der Waals surface area contributed by atoms with Gasteiger partial charge in [-0.25, -0.2) is 9.18 Å². The first-order valence-electron chi connectivity index (χ1n) is 5.88. The molecular formula is C11H18F2O6. The number of aliphatic hydroxyl groups excluding tert-OH is 3. The third-order valence-corrected chi connectivity index (χ3v) is 3.68. The number of rotatable bonds is 4. The summed E-state index contributed by atoms with van der Waals surface area (Å²) in [6.07, 6.45) is -7.18. The Morgan fingerprint density at radius 3 is 2.32 bits per heavy atom. The summed E-state index contributed by atoms with van der Waals surface area (Å²) in [5, 5.41) is 36.5. The quantitative estimate of drug-likeness (QED) is 0.552. The van der Waals surface area contributed by atoms with Crippen LogP contribution in [0, 0.1) is 11.8 Å². The zero-order chi connectivity index (χ0) is 15.0. The SMILES string of the molecule is CC1C(C)C(F)C(F)(C(=O)O)OC1[C@H](O)[C@H](O)CO. The lowest BCUT2D eigenvalue weighted by atomic mass is 9.78. The molecule has 4 N–H and O–H groups in total. The minimum absolute atomic E-state index is 0.741. The largest absolute Gasteiger partial charge is 0.477 e. The molecule has 1 fully saturated rings. The fourth-order valence-corrected chi connectivity index (χ4v) is 2.15. The highest BCUT2D eigenvalue weighted by Gasteiger charge is 2.60. The molecule has 0 spiro atoms. The molecule has 7 atom stereocenters. The highest BCUT2D eigenvalue weighted by atomic mass is 19.2. The van der Waals surface area contributed by atoms with E-state index in [1.807, 2.05) is 0 Å². The van der Waals surface area contributed by atoms with Crippen molar-refractivity contribution >= 4 is 5.97 Å². The lowest BCUT2D eigenvalue weighted by molar-refractivity contribution is -0.291. The van der Waals surface area contributed by atoms with E-state index in [1.54, 1.807) is 0 Å². The van der Waals surface area contributed by atoms with Crippen molar-refractivity contribution in [1.82, 2.24) is 0 Å². The van der Waals surface area contributed by atoms with Gasteiger partial charge < -0.3 is 25.2 Å². The van der Waals surface area contributed by atoms with Crippen molar-refractivity contribution in [2.24, 2.45) is 11.8 Å². The highest BCUT2D eigenvalue weighted by molar-refractivity contribution is 5.76. The molecule has 0 aromatic carbocycles. The van der Waals surface area contributed by atoms with E-state index in [4.69, 9.17) is 10.2 Å². The Hall–Kier alpha value is -0.830. The van der Waals surface area contributed by atoms with Crippen molar-refractivity contribution in [3.8, 4) is 0 Å². The number of hydrogen-bond donors (Lipinski definition) is 4. The number of carboxylic acids is 1. The second-order valence-electron chi connectivity index (χ2n) is 4.89. The number of ether oxygens (including phenoxy) is 1. The summed E-state index contributed by atoms with van der Waals surface area (Å²) in [6, 6.07) is 0. The van der Waals surface area contributed by atoms with Crippen molar-refractivity contribution in [3.63, 3.8) is 0 Å². The monoisotopic (exact) mass is 284 g/mol. The smallest absolute Gasteiger partial charge is 0.372 e.